The highest BCUT2D eigenvalue weighted by Gasteiger charge is 2.10. The standard InChI is InChI=1S/C14H11BrCl2N2S/c15-9-1-3-12-11(7-9)18-14(8-16)19(12)6-5-10-2-4-13(17)20-10/h1-4,7H,5-6,8H2. The van der Waals surface area contributed by atoms with Gasteiger partial charge in [0.25, 0.3) is 0 Å². The Morgan fingerprint density at radius 3 is 2.80 bits per heavy atom. The average Bonchev–Trinajstić information content (AvgIpc) is 2.99. The van der Waals surface area contributed by atoms with Gasteiger partial charge in [0.05, 0.1) is 21.2 Å². The molecule has 0 bridgehead atoms. The van der Waals surface area contributed by atoms with Crippen molar-refractivity contribution in [3.05, 3.63) is 49.8 Å². The summed E-state index contributed by atoms with van der Waals surface area (Å²) in [6.45, 7) is 0.858. The van der Waals surface area contributed by atoms with Crippen LogP contribution in [0.4, 0.5) is 0 Å². The molecule has 3 aromatic rings. The summed E-state index contributed by atoms with van der Waals surface area (Å²) in [6.07, 6.45) is 0.933. The number of fused-ring (bicyclic) bond motifs is 1. The van der Waals surface area contributed by atoms with Gasteiger partial charge in [-0.05, 0) is 36.8 Å². The van der Waals surface area contributed by atoms with Gasteiger partial charge in [-0.3, -0.25) is 0 Å². The summed E-state index contributed by atoms with van der Waals surface area (Å²) >= 11 is 17.1. The van der Waals surface area contributed by atoms with Crippen molar-refractivity contribution >= 4 is 61.5 Å². The monoisotopic (exact) mass is 388 g/mol. The van der Waals surface area contributed by atoms with Gasteiger partial charge in [0, 0.05) is 15.9 Å². The molecule has 2 nitrogen and oxygen atoms in total. The molecule has 0 aliphatic heterocycles. The van der Waals surface area contributed by atoms with Crippen LogP contribution in [0.2, 0.25) is 4.34 Å². The average molecular weight is 390 g/mol. The van der Waals surface area contributed by atoms with Crippen molar-refractivity contribution in [2.24, 2.45) is 0 Å². The smallest absolute Gasteiger partial charge is 0.124 e. The number of nitrogens with zero attached hydrogens (tertiary/aromatic N) is 2. The molecule has 0 saturated heterocycles. The highest BCUT2D eigenvalue weighted by molar-refractivity contribution is 9.10. The summed E-state index contributed by atoms with van der Waals surface area (Å²) in [5.41, 5.74) is 2.09. The van der Waals surface area contributed by atoms with Gasteiger partial charge >= 0.3 is 0 Å². The minimum Gasteiger partial charge on any atom is -0.327 e. The molecule has 104 valence electrons. The number of halogens is 3. The van der Waals surface area contributed by atoms with Crippen molar-refractivity contribution in [2.75, 3.05) is 0 Å². The first-order valence-electron chi connectivity index (χ1n) is 6.12. The van der Waals surface area contributed by atoms with Crippen LogP contribution in [0.3, 0.4) is 0 Å². The SMILES string of the molecule is ClCc1nc2cc(Br)ccc2n1CCc1ccc(Cl)s1. The Labute approximate surface area is 139 Å². The molecule has 20 heavy (non-hydrogen) atoms. The van der Waals surface area contributed by atoms with E-state index in [1.165, 1.54) is 4.88 Å². The van der Waals surface area contributed by atoms with Crippen molar-refractivity contribution in [1.29, 1.82) is 0 Å². The second-order valence-electron chi connectivity index (χ2n) is 4.40. The van der Waals surface area contributed by atoms with Crippen LogP contribution in [0.1, 0.15) is 10.7 Å². The van der Waals surface area contributed by atoms with E-state index in [4.69, 9.17) is 23.2 Å². The van der Waals surface area contributed by atoms with Crippen LogP contribution in [0.25, 0.3) is 11.0 Å². The lowest BCUT2D eigenvalue weighted by Gasteiger charge is -2.06. The van der Waals surface area contributed by atoms with Crippen LogP contribution in [0, 0.1) is 0 Å². The molecule has 1 aromatic carbocycles. The third kappa shape index (κ3) is 2.89. The fraction of sp³-hybridized carbons (Fsp3) is 0.214. The van der Waals surface area contributed by atoms with Gasteiger partial charge < -0.3 is 4.57 Å². The third-order valence-electron chi connectivity index (χ3n) is 3.12. The van der Waals surface area contributed by atoms with E-state index in [0.717, 1.165) is 38.6 Å². The Hall–Kier alpha value is -0.550. The maximum absolute atomic E-state index is 6.02. The number of rotatable bonds is 4. The second-order valence-corrected chi connectivity index (χ2v) is 7.38. The number of aryl methyl sites for hydroxylation is 2. The first kappa shape index (κ1) is 14.4. The number of aromatic nitrogens is 2. The molecular formula is C14H11BrCl2N2S. The summed E-state index contributed by atoms with van der Waals surface area (Å²) in [6, 6.07) is 10.1. The molecule has 3 rings (SSSR count). The Morgan fingerprint density at radius 1 is 1.25 bits per heavy atom. The van der Waals surface area contributed by atoms with Gasteiger partial charge in [-0.15, -0.1) is 22.9 Å². The minimum absolute atomic E-state index is 0.414. The molecule has 0 atom stereocenters. The van der Waals surface area contributed by atoms with E-state index in [9.17, 15) is 0 Å². The number of hydrogen-bond donors (Lipinski definition) is 0. The molecule has 0 aliphatic carbocycles. The first-order valence-corrected chi connectivity index (χ1v) is 8.64. The topological polar surface area (TPSA) is 17.8 Å². The van der Waals surface area contributed by atoms with Gasteiger partial charge in [-0.1, -0.05) is 27.5 Å². The Balaban J connectivity index is 1.93. The van der Waals surface area contributed by atoms with E-state index in [-0.39, 0.29) is 0 Å². The number of thiophene rings is 1. The molecule has 6 heteroatoms. The Bertz CT molecular complexity index is 751. The Morgan fingerprint density at radius 2 is 2.10 bits per heavy atom. The summed E-state index contributed by atoms with van der Waals surface area (Å²) in [5, 5.41) is 0. The largest absolute Gasteiger partial charge is 0.327 e. The molecule has 2 heterocycles. The third-order valence-corrected chi connectivity index (χ3v) is 5.14. The molecule has 0 N–H and O–H groups in total. The van der Waals surface area contributed by atoms with Crippen LogP contribution in [-0.2, 0) is 18.8 Å². The zero-order valence-corrected chi connectivity index (χ0v) is 14.4. The van der Waals surface area contributed by atoms with Crippen molar-refractivity contribution in [3.8, 4) is 0 Å². The van der Waals surface area contributed by atoms with E-state index in [0.29, 0.717) is 5.88 Å². The zero-order chi connectivity index (χ0) is 14.1. The fourth-order valence-corrected chi connectivity index (χ4v) is 3.84. The van der Waals surface area contributed by atoms with E-state index in [2.05, 4.69) is 37.6 Å². The van der Waals surface area contributed by atoms with Crippen LogP contribution in [-0.4, -0.2) is 9.55 Å². The van der Waals surface area contributed by atoms with Crippen molar-refractivity contribution in [1.82, 2.24) is 9.55 Å². The second kappa shape index (κ2) is 6.06. The van der Waals surface area contributed by atoms with Gasteiger partial charge in [-0.25, -0.2) is 4.98 Å². The van der Waals surface area contributed by atoms with Crippen LogP contribution >= 0.6 is 50.5 Å². The molecule has 0 amide bonds. The van der Waals surface area contributed by atoms with Gasteiger partial charge in [0.15, 0.2) is 0 Å². The summed E-state index contributed by atoms with van der Waals surface area (Å²) in [4.78, 5) is 5.86. The molecular weight excluding hydrogens is 379 g/mol. The minimum atomic E-state index is 0.414. The number of imidazole rings is 1. The summed E-state index contributed by atoms with van der Waals surface area (Å²) in [5.74, 6) is 1.32. The highest BCUT2D eigenvalue weighted by atomic mass is 79.9. The van der Waals surface area contributed by atoms with E-state index < -0.39 is 0 Å². The van der Waals surface area contributed by atoms with Gasteiger partial charge in [-0.2, -0.15) is 0 Å². The van der Waals surface area contributed by atoms with Crippen LogP contribution < -0.4 is 0 Å². The quantitative estimate of drug-likeness (QED) is 0.539. The van der Waals surface area contributed by atoms with E-state index in [1.54, 1.807) is 11.3 Å². The number of hydrogen-bond acceptors (Lipinski definition) is 2. The van der Waals surface area contributed by atoms with Crippen molar-refractivity contribution in [3.63, 3.8) is 0 Å². The number of benzene rings is 1. The van der Waals surface area contributed by atoms with Crippen LogP contribution in [0.15, 0.2) is 34.8 Å². The van der Waals surface area contributed by atoms with E-state index >= 15 is 0 Å². The molecule has 2 aromatic heterocycles. The predicted octanol–water partition coefficient (Wildman–Crippen LogP) is 5.50. The highest BCUT2D eigenvalue weighted by Crippen LogP contribution is 2.25. The van der Waals surface area contributed by atoms with E-state index in [1.807, 2.05) is 18.2 Å². The van der Waals surface area contributed by atoms with Crippen molar-refractivity contribution in [2.45, 2.75) is 18.8 Å². The first-order chi connectivity index (χ1) is 9.67. The lowest BCUT2D eigenvalue weighted by atomic mass is 10.3. The lowest BCUT2D eigenvalue weighted by Crippen LogP contribution is -2.04. The van der Waals surface area contributed by atoms with Gasteiger partial charge in [0.1, 0.15) is 5.82 Å². The summed E-state index contributed by atoms with van der Waals surface area (Å²) < 4.78 is 4.04. The normalized spacial score (nSPS) is 11.3. The fourth-order valence-electron chi connectivity index (χ4n) is 2.21. The predicted molar refractivity (Wildman–Crippen MR) is 90.0 cm³/mol. The lowest BCUT2D eigenvalue weighted by molar-refractivity contribution is 0.693. The number of alkyl halides is 1. The molecule has 0 aliphatic rings. The molecule has 0 radical (unpaired) electrons. The molecule has 0 fully saturated rings. The Kier molecular flexibility index (Phi) is 4.36. The maximum Gasteiger partial charge on any atom is 0.124 e. The maximum atomic E-state index is 6.02. The van der Waals surface area contributed by atoms with Crippen LogP contribution in [0.5, 0.6) is 0 Å². The summed E-state index contributed by atoms with van der Waals surface area (Å²) in [7, 11) is 0. The van der Waals surface area contributed by atoms with Crippen molar-refractivity contribution < 1.29 is 0 Å². The molecule has 0 saturated carbocycles. The zero-order valence-electron chi connectivity index (χ0n) is 10.4. The van der Waals surface area contributed by atoms with Gasteiger partial charge in [0.2, 0.25) is 0 Å². The molecule has 0 unspecified atom stereocenters. The molecule has 0 spiro atoms.